The maximum atomic E-state index is 13.7. The molecule has 0 saturated carbocycles. The first-order chi connectivity index (χ1) is 14.8. The van der Waals surface area contributed by atoms with Crippen LogP contribution in [0.15, 0.2) is 45.7 Å². The highest BCUT2D eigenvalue weighted by Crippen LogP contribution is 2.36. The van der Waals surface area contributed by atoms with Gasteiger partial charge in [0.2, 0.25) is 0 Å². The van der Waals surface area contributed by atoms with Crippen LogP contribution in [0.1, 0.15) is 46.4 Å². The summed E-state index contributed by atoms with van der Waals surface area (Å²) in [5.74, 6) is 0.229. The maximum Gasteiger partial charge on any atom is 0.433 e. The van der Waals surface area contributed by atoms with Crippen molar-refractivity contribution in [2.45, 2.75) is 32.0 Å². The Bertz CT molecular complexity index is 1260. The molecule has 0 spiro atoms. The molecule has 4 aromatic rings. The lowest BCUT2D eigenvalue weighted by Gasteiger charge is -2.22. The number of rotatable bonds is 3. The normalized spacial score (nSPS) is 17.0. The first kappa shape index (κ1) is 19.3. The van der Waals surface area contributed by atoms with Crippen LogP contribution in [0.4, 0.5) is 13.2 Å². The minimum atomic E-state index is -4.71. The fourth-order valence-electron chi connectivity index (χ4n) is 3.87. The van der Waals surface area contributed by atoms with Crippen molar-refractivity contribution in [2.75, 3.05) is 6.54 Å². The van der Waals surface area contributed by atoms with Gasteiger partial charge in [0.15, 0.2) is 22.9 Å². The van der Waals surface area contributed by atoms with E-state index in [-0.39, 0.29) is 28.7 Å². The molecule has 0 N–H and O–H groups in total. The van der Waals surface area contributed by atoms with Crippen molar-refractivity contribution in [3.05, 3.63) is 59.4 Å². The van der Waals surface area contributed by atoms with Gasteiger partial charge in [-0.05, 0) is 38.0 Å². The third-order valence-corrected chi connectivity index (χ3v) is 5.25. The second-order valence-electron chi connectivity index (χ2n) is 7.32. The number of aromatic nitrogens is 4. The van der Waals surface area contributed by atoms with Crippen LogP contribution < -0.4 is 0 Å². The number of fused-ring (bicyclic) bond motifs is 1. The summed E-state index contributed by atoms with van der Waals surface area (Å²) in [6.45, 7) is 2.21. The van der Waals surface area contributed by atoms with E-state index in [1.807, 2.05) is 0 Å². The molecule has 5 rings (SSSR count). The maximum absolute atomic E-state index is 13.7. The molecule has 5 heterocycles. The Kier molecular flexibility index (Phi) is 4.34. The number of nitrogens with zero attached hydrogens (tertiary/aromatic N) is 5. The highest BCUT2D eigenvalue weighted by molar-refractivity contribution is 6.00. The number of likely N-dealkylation sites (tertiary alicyclic amines) is 1. The number of halogens is 3. The molecule has 1 aliphatic heterocycles. The average molecular weight is 431 g/mol. The van der Waals surface area contributed by atoms with E-state index in [9.17, 15) is 18.0 Å². The predicted octanol–water partition coefficient (Wildman–Crippen LogP) is 4.28. The molecule has 0 radical (unpaired) electrons. The summed E-state index contributed by atoms with van der Waals surface area (Å²) in [7, 11) is 0. The summed E-state index contributed by atoms with van der Waals surface area (Å²) in [6.07, 6.45) is -0.854. The molecule has 1 atom stereocenters. The molecule has 1 fully saturated rings. The van der Waals surface area contributed by atoms with Crippen molar-refractivity contribution < 1.29 is 26.9 Å². The smallest absolute Gasteiger partial charge is 0.433 e. The third-order valence-electron chi connectivity index (χ3n) is 5.25. The molecule has 31 heavy (non-hydrogen) atoms. The third kappa shape index (κ3) is 3.25. The van der Waals surface area contributed by atoms with Gasteiger partial charge in [0.1, 0.15) is 11.3 Å². The highest BCUT2D eigenvalue weighted by Gasteiger charge is 2.38. The quantitative estimate of drug-likeness (QED) is 0.481. The number of amides is 1. The number of carbonyl (C=O) groups excluding carboxylic acids is 1. The highest BCUT2D eigenvalue weighted by atomic mass is 19.4. The number of aryl methyl sites for hydroxylation is 1. The molecule has 0 aliphatic carbocycles. The van der Waals surface area contributed by atoms with Crippen LogP contribution in [-0.4, -0.2) is 37.1 Å². The lowest BCUT2D eigenvalue weighted by molar-refractivity contribution is -0.142. The second-order valence-corrected chi connectivity index (χ2v) is 7.32. The van der Waals surface area contributed by atoms with Gasteiger partial charge in [0, 0.05) is 12.6 Å². The lowest BCUT2D eigenvalue weighted by Crippen LogP contribution is -2.30. The predicted molar refractivity (Wildman–Crippen MR) is 99.9 cm³/mol. The zero-order chi connectivity index (χ0) is 21.8. The van der Waals surface area contributed by atoms with E-state index >= 15 is 0 Å². The fourth-order valence-corrected chi connectivity index (χ4v) is 3.87. The van der Waals surface area contributed by atoms with Crippen LogP contribution in [0.5, 0.6) is 0 Å². The second kappa shape index (κ2) is 6.96. The summed E-state index contributed by atoms with van der Waals surface area (Å²) >= 11 is 0. The van der Waals surface area contributed by atoms with Crippen LogP contribution in [0, 0.1) is 6.92 Å². The van der Waals surface area contributed by atoms with Crippen LogP contribution in [0.25, 0.3) is 17.1 Å². The minimum absolute atomic E-state index is 0.0259. The fraction of sp³-hybridized carbons (Fsp3) is 0.300. The molecule has 4 aromatic heterocycles. The molecule has 0 unspecified atom stereocenters. The van der Waals surface area contributed by atoms with Crippen molar-refractivity contribution in [3.63, 3.8) is 0 Å². The Morgan fingerprint density at radius 1 is 1.29 bits per heavy atom. The van der Waals surface area contributed by atoms with E-state index in [0.717, 1.165) is 18.7 Å². The molecule has 8 nitrogen and oxygen atoms in total. The van der Waals surface area contributed by atoms with Gasteiger partial charge >= 0.3 is 6.18 Å². The molecule has 1 amide bonds. The summed E-state index contributed by atoms with van der Waals surface area (Å²) in [4.78, 5) is 19.2. The summed E-state index contributed by atoms with van der Waals surface area (Å²) in [5.41, 5.74) is -0.618. The number of hydrogen-bond acceptors (Lipinski definition) is 6. The van der Waals surface area contributed by atoms with Gasteiger partial charge in [-0.3, -0.25) is 4.79 Å². The Balaban J connectivity index is 1.61. The zero-order valence-electron chi connectivity index (χ0n) is 16.3. The van der Waals surface area contributed by atoms with Crippen molar-refractivity contribution in [3.8, 4) is 11.5 Å². The van der Waals surface area contributed by atoms with Crippen molar-refractivity contribution in [2.24, 2.45) is 0 Å². The molecular weight excluding hydrogens is 415 g/mol. The first-order valence-electron chi connectivity index (χ1n) is 9.57. The summed E-state index contributed by atoms with van der Waals surface area (Å²) < 4.78 is 52.3. The van der Waals surface area contributed by atoms with E-state index < -0.39 is 17.8 Å². The van der Waals surface area contributed by atoms with Gasteiger partial charge in [0.25, 0.3) is 5.91 Å². The van der Waals surface area contributed by atoms with Crippen molar-refractivity contribution in [1.82, 2.24) is 24.7 Å². The number of carbonyl (C=O) groups is 1. The van der Waals surface area contributed by atoms with Crippen LogP contribution in [0.3, 0.4) is 0 Å². The van der Waals surface area contributed by atoms with Crippen LogP contribution in [-0.2, 0) is 6.18 Å². The first-order valence-corrected chi connectivity index (χ1v) is 9.57. The largest absolute Gasteiger partial charge is 0.463 e. The zero-order valence-corrected chi connectivity index (χ0v) is 16.3. The Hall–Kier alpha value is -3.63. The Labute approximate surface area is 173 Å². The topological polar surface area (TPSA) is 89.7 Å². The van der Waals surface area contributed by atoms with Crippen LogP contribution >= 0.6 is 0 Å². The molecule has 1 aliphatic rings. The summed E-state index contributed by atoms with van der Waals surface area (Å²) in [5, 5.41) is 7.69. The molecule has 160 valence electrons. The van der Waals surface area contributed by atoms with E-state index in [1.54, 1.807) is 24.0 Å². The molecule has 0 bridgehead atoms. The van der Waals surface area contributed by atoms with Gasteiger partial charge in [-0.1, -0.05) is 5.16 Å². The average Bonchev–Trinajstić information content (AvgIpc) is 3.51. The van der Waals surface area contributed by atoms with E-state index in [0.29, 0.717) is 28.9 Å². The number of alkyl halides is 3. The van der Waals surface area contributed by atoms with Gasteiger partial charge < -0.3 is 13.8 Å². The minimum Gasteiger partial charge on any atom is -0.463 e. The van der Waals surface area contributed by atoms with Crippen molar-refractivity contribution >= 4 is 11.6 Å². The van der Waals surface area contributed by atoms with E-state index in [2.05, 4.69) is 15.2 Å². The molecule has 11 heteroatoms. The van der Waals surface area contributed by atoms with Crippen molar-refractivity contribution in [1.29, 1.82) is 0 Å². The Morgan fingerprint density at radius 3 is 2.81 bits per heavy atom. The van der Waals surface area contributed by atoms with E-state index in [1.165, 1.54) is 12.3 Å². The Morgan fingerprint density at radius 2 is 2.13 bits per heavy atom. The molecule has 1 saturated heterocycles. The van der Waals surface area contributed by atoms with E-state index in [4.69, 9.17) is 8.94 Å². The summed E-state index contributed by atoms with van der Waals surface area (Å²) in [6, 6.07) is 5.30. The molecule has 0 aromatic carbocycles. The van der Waals surface area contributed by atoms with Gasteiger partial charge in [0.05, 0.1) is 24.2 Å². The number of furan rings is 1. The molecular formula is C20H16F3N5O3. The van der Waals surface area contributed by atoms with Gasteiger partial charge in [-0.2, -0.15) is 18.3 Å². The standard InChI is InChI=1S/C20H16F3N5O3/c1-11-8-16(31-26-11)14-4-2-6-27(14)19(29)12-10-24-28-17(20(21,22)23)9-13(25-18(12)28)15-5-3-7-30-15/h3,5,7-10,14H,2,4,6H2,1H3/t14-/m1/s1. The lowest BCUT2D eigenvalue weighted by atomic mass is 10.1. The van der Waals surface area contributed by atoms with Gasteiger partial charge in [-0.15, -0.1) is 0 Å². The SMILES string of the molecule is Cc1cc([C@H]2CCCN2C(=O)c2cnn3c(C(F)(F)F)cc(-c4ccco4)nc23)on1. The monoisotopic (exact) mass is 431 g/mol. The number of hydrogen-bond donors (Lipinski definition) is 0. The van der Waals surface area contributed by atoms with Crippen LogP contribution in [0.2, 0.25) is 0 Å². The van der Waals surface area contributed by atoms with Gasteiger partial charge in [-0.25, -0.2) is 9.50 Å².